The molecule has 0 aromatic rings. The average Bonchev–Trinajstić information content (AvgIpc) is 2.50. The van der Waals surface area contributed by atoms with Crippen LogP contribution in [0.5, 0.6) is 0 Å². The van der Waals surface area contributed by atoms with Crippen LogP contribution < -0.4 is 0 Å². The van der Waals surface area contributed by atoms with E-state index in [0.717, 1.165) is 0 Å². The van der Waals surface area contributed by atoms with Crippen molar-refractivity contribution in [2.45, 2.75) is 58.7 Å². The predicted octanol–water partition coefficient (Wildman–Crippen LogP) is 1.40. The summed E-state index contributed by atoms with van der Waals surface area (Å²) in [5.41, 5.74) is 0.233. The van der Waals surface area contributed by atoms with Crippen molar-refractivity contribution in [2.75, 3.05) is 0 Å². The number of ketones is 2. The summed E-state index contributed by atoms with van der Waals surface area (Å²) in [5.74, 6) is -3.31. The van der Waals surface area contributed by atoms with Crippen molar-refractivity contribution in [2.24, 2.45) is 5.92 Å². The highest BCUT2D eigenvalue weighted by Crippen LogP contribution is 2.32. The number of aliphatic hydroxyl groups excluding tert-OH is 2. The van der Waals surface area contributed by atoms with Crippen LogP contribution in [0.25, 0.3) is 0 Å². The molecule has 128 valence electrons. The van der Waals surface area contributed by atoms with Crippen LogP contribution in [0.2, 0.25) is 0 Å². The molecule has 0 saturated heterocycles. The number of carbonyl (C=O) groups excluding carboxylic acids is 2. The number of Topliss-reactive ketones (excluding diaryl/α,β-unsaturated/α-hetero) is 2. The number of allylic oxidation sites excluding steroid dienone is 2. The van der Waals surface area contributed by atoms with Crippen molar-refractivity contribution in [1.29, 1.82) is 0 Å². The number of carboxylic acid groups (broad SMARTS) is 1. The fourth-order valence-corrected chi connectivity index (χ4v) is 2.98. The largest absolute Gasteiger partial charge is 0.478 e. The van der Waals surface area contributed by atoms with Crippen LogP contribution in [0.4, 0.5) is 0 Å². The molecule has 0 amide bonds. The Labute approximate surface area is 135 Å². The molecule has 0 unspecified atom stereocenters. The molecule has 0 bridgehead atoms. The van der Waals surface area contributed by atoms with Gasteiger partial charge in [-0.2, -0.15) is 0 Å². The zero-order chi connectivity index (χ0) is 17.7. The Kier molecular flexibility index (Phi) is 6.84. The molecule has 0 aromatic heterocycles. The van der Waals surface area contributed by atoms with Crippen LogP contribution in [0, 0.1) is 5.92 Å². The molecule has 3 atom stereocenters. The highest BCUT2D eigenvalue weighted by Gasteiger charge is 2.37. The first-order valence-corrected chi connectivity index (χ1v) is 7.75. The molecule has 0 spiro atoms. The van der Waals surface area contributed by atoms with E-state index < -0.39 is 35.7 Å². The normalized spacial score (nSPS) is 31.4. The Morgan fingerprint density at radius 3 is 2.35 bits per heavy atom. The van der Waals surface area contributed by atoms with Crippen molar-refractivity contribution >= 4 is 17.5 Å². The molecule has 0 aliphatic heterocycles. The monoisotopic (exact) mass is 324 g/mol. The van der Waals surface area contributed by atoms with E-state index in [1.165, 1.54) is 6.92 Å². The molecule has 0 fully saturated rings. The standard InChI is InChI=1S/C17H24O6/c1-4-6-11-15(17(22)23)12(9(3)18)7-10(5-2)13(19)8-14(20)16(11)21/h5,11,13,16,19,21H,4,6-8H2,1-3H3,(H,22,23)/b10-5-,15-12-/t11-,13-,16-/m0/s1. The zero-order valence-corrected chi connectivity index (χ0v) is 13.7. The van der Waals surface area contributed by atoms with Gasteiger partial charge in [-0.1, -0.05) is 19.4 Å². The number of hydrogen-bond acceptors (Lipinski definition) is 5. The Hall–Kier alpha value is -1.79. The smallest absolute Gasteiger partial charge is 0.332 e. The first-order chi connectivity index (χ1) is 10.7. The van der Waals surface area contributed by atoms with Crippen LogP contribution in [0.1, 0.15) is 46.5 Å². The lowest BCUT2D eigenvalue weighted by atomic mass is 9.83. The van der Waals surface area contributed by atoms with Gasteiger partial charge in [-0.3, -0.25) is 9.59 Å². The maximum Gasteiger partial charge on any atom is 0.332 e. The Balaban J connectivity index is 3.62. The van der Waals surface area contributed by atoms with Crippen molar-refractivity contribution in [1.82, 2.24) is 0 Å². The van der Waals surface area contributed by atoms with Gasteiger partial charge in [0.2, 0.25) is 0 Å². The molecule has 23 heavy (non-hydrogen) atoms. The molecule has 0 heterocycles. The number of aliphatic carboxylic acids is 1. The summed E-state index contributed by atoms with van der Waals surface area (Å²) >= 11 is 0. The maximum atomic E-state index is 12.2. The number of hydrogen-bond donors (Lipinski definition) is 3. The third kappa shape index (κ3) is 4.36. The van der Waals surface area contributed by atoms with Gasteiger partial charge in [-0.05, 0) is 32.3 Å². The van der Waals surface area contributed by atoms with Gasteiger partial charge in [0.1, 0.15) is 6.10 Å². The Morgan fingerprint density at radius 1 is 1.30 bits per heavy atom. The van der Waals surface area contributed by atoms with E-state index in [2.05, 4.69) is 0 Å². The fourth-order valence-electron chi connectivity index (χ4n) is 2.98. The van der Waals surface area contributed by atoms with Gasteiger partial charge >= 0.3 is 5.97 Å². The second-order valence-corrected chi connectivity index (χ2v) is 5.82. The van der Waals surface area contributed by atoms with E-state index in [0.29, 0.717) is 12.0 Å². The molecular weight excluding hydrogens is 300 g/mol. The first kappa shape index (κ1) is 19.3. The van der Waals surface area contributed by atoms with Gasteiger partial charge in [0.05, 0.1) is 11.7 Å². The number of aliphatic hydroxyl groups is 2. The van der Waals surface area contributed by atoms with Crippen molar-refractivity contribution in [3.8, 4) is 0 Å². The molecule has 6 nitrogen and oxygen atoms in total. The van der Waals surface area contributed by atoms with Crippen LogP contribution in [-0.4, -0.2) is 45.1 Å². The highest BCUT2D eigenvalue weighted by molar-refractivity contribution is 6.03. The molecule has 6 heteroatoms. The minimum atomic E-state index is -1.54. The lowest BCUT2D eigenvalue weighted by molar-refractivity contribution is -0.136. The summed E-state index contributed by atoms with van der Waals surface area (Å²) < 4.78 is 0. The first-order valence-electron chi connectivity index (χ1n) is 7.75. The van der Waals surface area contributed by atoms with Crippen molar-refractivity contribution in [3.63, 3.8) is 0 Å². The summed E-state index contributed by atoms with van der Waals surface area (Å²) in [7, 11) is 0. The highest BCUT2D eigenvalue weighted by atomic mass is 16.4. The molecule has 1 aliphatic rings. The summed E-state index contributed by atoms with van der Waals surface area (Å²) in [5, 5.41) is 30.0. The second-order valence-electron chi connectivity index (χ2n) is 5.82. The molecule has 0 saturated carbocycles. The van der Waals surface area contributed by atoms with Gasteiger partial charge in [0.15, 0.2) is 11.6 Å². The average molecular weight is 324 g/mol. The van der Waals surface area contributed by atoms with Crippen LogP contribution in [-0.2, 0) is 14.4 Å². The SMILES string of the molecule is C/C=C1/C/C(C(C)=O)=C(/C(=O)O)[C@H](CCC)[C@H](O)C(=O)C[C@@H]1O. The van der Waals surface area contributed by atoms with Gasteiger partial charge in [-0.15, -0.1) is 0 Å². The zero-order valence-electron chi connectivity index (χ0n) is 13.7. The van der Waals surface area contributed by atoms with E-state index >= 15 is 0 Å². The predicted molar refractivity (Wildman–Crippen MR) is 83.8 cm³/mol. The van der Waals surface area contributed by atoms with Gasteiger partial charge in [0.25, 0.3) is 0 Å². The lowest BCUT2D eigenvalue weighted by Crippen LogP contribution is -2.35. The minimum absolute atomic E-state index is 0.0329. The topological polar surface area (TPSA) is 112 Å². The van der Waals surface area contributed by atoms with Gasteiger partial charge in [-0.25, -0.2) is 4.79 Å². The van der Waals surface area contributed by atoms with E-state index in [1.807, 2.05) is 6.92 Å². The summed E-state index contributed by atoms with van der Waals surface area (Å²) in [6.45, 7) is 4.72. The summed E-state index contributed by atoms with van der Waals surface area (Å²) in [6.07, 6.45) is -0.600. The van der Waals surface area contributed by atoms with E-state index in [9.17, 15) is 29.7 Å². The Morgan fingerprint density at radius 2 is 1.91 bits per heavy atom. The van der Waals surface area contributed by atoms with E-state index in [1.54, 1.807) is 13.0 Å². The van der Waals surface area contributed by atoms with Crippen LogP contribution >= 0.6 is 0 Å². The van der Waals surface area contributed by atoms with Gasteiger partial charge < -0.3 is 15.3 Å². The molecular formula is C17H24O6. The number of rotatable bonds is 4. The molecule has 0 aromatic carbocycles. The van der Waals surface area contributed by atoms with Gasteiger partial charge in [0, 0.05) is 17.9 Å². The fraction of sp³-hybridized carbons (Fsp3) is 0.588. The third-order valence-electron chi connectivity index (χ3n) is 4.24. The number of carbonyl (C=O) groups is 3. The number of carboxylic acids is 1. The van der Waals surface area contributed by atoms with E-state index in [-0.39, 0.29) is 30.4 Å². The van der Waals surface area contributed by atoms with E-state index in [4.69, 9.17) is 0 Å². The van der Waals surface area contributed by atoms with Crippen molar-refractivity contribution < 1.29 is 29.7 Å². The third-order valence-corrected chi connectivity index (χ3v) is 4.24. The lowest BCUT2D eigenvalue weighted by Gasteiger charge is -2.23. The summed E-state index contributed by atoms with van der Waals surface area (Å²) in [6, 6.07) is 0. The maximum absolute atomic E-state index is 12.2. The minimum Gasteiger partial charge on any atom is -0.478 e. The Bertz CT molecular complexity index is 557. The summed E-state index contributed by atoms with van der Waals surface area (Å²) in [4.78, 5) is 35.9. The molecule has 3 N–H and O–H groups in total. The van der Waals surface area contributed by atoms with Crippen molar-refractivity contribution in [3.05, 3.63) is 22.8 Å². The quantitative estimate of drug-likeness (QED) is 0.674. The van der Waals surface area contributed by atoms with Crippen LogP contribution in [0.15, 0.2) is 22.8 Å². The molecule has 0 radical (unpaired) electrons. The second kappa shape index (κ2) is 8.17. The van der Waals surface area contributed by atoms with Crippen LogP contribution in [0.3, 0.4) is 0 Å². The molecule has 1 aliphatic carbocycles. The molecule has 1 rings (SSSR count).